The first-order chi connectivity index (χ1) is 14.0. The molecule has 154 valence electrons. The van der Waals surface area contributed by atoms with E-state index in [-0.39, 0.29) is 23.3 Å². The molecule has 0 bridgehead atoms. The molecule has 0 saturated carbocycles. The quantitative estimate of drug-likeness (QED) is 0.550. The number of nitro groups is 1. The molecule has 29 heavy (non-hydrogen) atoms. The molecule has 1 atom stereocenters. The van der Waals surface area contributed by atoms with Crippen molar-refractivity contribution in [2.45, 2.75) is 26.1 Å². The number of nitrogens with zero attached hydrogens (tertiary/aromatic N) is 2. The molecule has 2 aromatic rings. The van der Waals surface area contributed by atoms with Crippen LogP contribution in [-0.2, 0) is 17.8 Å². The summed E-state index contributed by atoms with van der Waals surface area (Å²) >= 11 is 0. The molecule has 8 nitrogen and oxygen atoms in total. The van der Waals surface area contributed by atoms with Gasteiger partial charge in [0, 0.05) is 44.9 Å². The lowest BCUT2D eigenvalue weighted by atomic mass is 10.1. The van der Waals surface area contributed by atoms with Crippen LogP contribution in [0.25, 0.3) is 0 Å². The summed E-state index contributed by atoms with van der Waals surface area (Å²) in [6, 6.07) is 12.6. The number of carbonyl (C=O) groups is 1. The second-order valence-corrected chi connectivity index (χ2v) is 7.16. The molecule has 3 rings (SSSR count). The Morgan fingerprint density at radius 3 is 2.79 bits per heavy atom. The number of morpholine rings is 1. The lowest BCUT2D eigenvalue weighted by Crippen LogP contribution is -2.40. The van der Waals surface area contributed by atoms with Crippen LogP contribution in [0.15, 0.2) is 42.5 Å². The molecule has 1 saturated heterocycles. The third-order valence-electron chi connectivity index (χ3n) is 4.89. The van der Waals surface area contributed by atoms with Gasteiger partial charge in [-0.3, -0.25) is 19.8 Å². The second kappa shape index (κ2) is 9.49. The summed E-state index contributed by atoms with van der Waals surface area (Å²) in [5.74, 6) is -0.357. The Hall–Kier alpha value is -2.97. The van der Waals surface area contributed by atoms with Crippen molar-refractivity contribution in [3.63, 3.8) is 0 Å². The summed E-state index contributed by atoms with van der Waals surface area (Å²) in [4.78, 5) is 25.0. The van der Waals surface area contributed by atoms with Gasteiger partial charge in [-0.25, -0.2) is 0 Å². The molecule has 1 unspecified atom stereocenters. The fourth-order valence-corrected chi connectivity index (χ4v) is 3.45. The van der Waals surface area contributed by atoms with Crippen molar-refractivity contribution in [1.29, 1.82) is 0 Å². The highest BCUT2D eigenvalue weighted by atomic mass is 16.6. The van der Waals surface area contributed by atoms with Crippen molar-refractivity contribution in [2.24, 2.45) is 0 Å². The molecule has 2 N–H and O–H groups in total. The molecule has 8 heteroatoms. The van der Waals surface area contributed by atoms with Gasteiger partial charge in [-0.2, -0.15) is 0 Å². The maximum Gasteiger partial charge on any atom is 0.293 e. The average Bonchev–Trinajstić information content (AvgIpc) is 2.72. The van der Waals surface area contributed by atoms with Crippen LogP contribution < -0.4 is 10.6 Å². The first-order valence-corrected chi connectivity index (χ1v) is 9.62. The number of benzene rings is 2. The highest BCUT2D eigenvalue weighted by Gasteiger charge is 2.18. The van der Waals surface area contributed by atoms with E-state index >= 15 is 0 Å². The molecule has 0 radical (unpaired) electrons. The molecular formula is C21H26N4O4. The van der Waals surface area contributed by atoms with E-state index in [9.17, 15) is 14.9 Å². The van der Waals surface area contributed by atoms with Crippen LogP contribution in [0, 0.1) is 10.1 Å². The SMILES string of the molecule is CNC(=O)c1ccc(NCc2cccc(CN3CCOC(C)C3)c2)c([N+](=O)[O-])c1. The first-order valence-electron chi connectivity index (χ1n) is 9.62. The van der Waals surface area contributed by atoms with Gasteiger partial charge in [-0.05, 0) is 30.2 Å². The van der Waals surface area contributed by atoms with Crippen LogP contribution in [0.4, 0.5) is 11.4 Å². The van der Waals surface area contributed by atoms with Gasteiger partial charge in [0.05, 0.1) is 17.6 Å². The molecule has 1 amide bonds. The van der Waals surface area contributed by atoms with Crippen molar-refractivity contribution in [1.82, 2.24) is 10.2 Å². The zero-order valence-electron chi connectivity index (χ0n) is 16.7. The van der Waals surface area contributed by atoms with E-state index in [0.29, 0.717) is 12.2 Å². The number of hydrogen-bond donors (Lipinski definition) is 2. The van der Waals surface area contributed by atoms with Crippen LogP contribution in [0.3, 0.4) is 0 Å². The van der Waals surface area contributed by atoms with Gasteiger partial charge in [0.1, 0.15) is 5.69 Å². The van der Waals surface area contributed by atoms with Gasteiger partial charge in [-0.15, -0.1) is 0 Å². The van der Waals surface area contributed by atoms with Gasteiger partial charge in [0.25, 0.3) is 11.6 Å². The van der Waals surface area contributed by atoms with Gasteiger partial charge in [0.15, 0.2) is 0 Å². The van der Waals surface area contributed by atoms with Gasteiger partial charge in [0.2, 0.25) is 0 Å². The van der Waals surface area contributed by atoms with Gasteiger partial charge in [-0.1, -0.05) is 24.3 Å². The topological polar surface area (TPSA) is 96.7 Å². The summed E-state index contributed by atoms with van der Waals surface area (Å²) in [6.45, 7) is 5.95. The number of rotatable bonds is 7. The number of anilines is 1. The fourth-order valence-electron chi connectivity index (χ4n) is 3.45. The second-order valence-electron chi connectivity index (χ2n) is 7.16. The zero-order chi connectivity index (χ0) is 20.8. The van der Waals surface area contributed by atoms with E-state index in [1.807, 2.05) is 12.1 Å². The van der Waals surface area contributed by atoms with Crippen molar-refractivity contribution in [2.75, 3.05) is 32.1 Å². The predicted molar refractivity (Wildman–Crippen MR) is 111 cm³/mol. The van der Waals surface area contributed by atoms with E-state index in [1.54, 1.807) is 12.1 Å². The maximum atomic E-state index is 11.7. The third-order valence-corrected chi connectivity index (χ3v) is 4.89. The van der Waals surface area contributed by atoms with E-state index in [2.05, 4.69) is 34.6 Å². The summed E-state index contributed by atoms with van der Waals surface area (Å²) in [7, 11) is 1.49. The third kappa shape index (κ3) is 5.52. The highest BCUT2D eigenvalue weighted by molar-refractivity contribution is 5.95. The van der Waals surface area contributed by atoms with E-state index < -0.39 is 4.92 Å². The number of hydrogen-bond acceptors (Lipinski definition) is 6. The summed E-state index contributed by atoms with van der Waals surface area (Å²) in [5.41, 5.74) is 2.75. The van der Waals surface area contributed by atoms with E-state index in [1.165, 1.54) is 18.7 Å². The van der Waals surface area contributed by atoms with Crippen LogP contribution in [0.5, 0.6) is 0 Å². The summed E-state index contributed by atoms with van der Waals surface area (Å²) in [6.07, 6.45) is 0.243. The monoisotopic (exact) mass is 398 g/mol. The minimum atomic E-state index is -0.481. The lowest BCUT2D eigenvalue weighted by Gasteiger charge is -2.31. The van der Waals surface area contributed by atoms with Crippen molar-refractivity contribution in [3.05, 3.63) is 69.3 Å². The number of nitro benzene ring substituents is 1. The van der Waals surface area contributed by atoms with Crippen molar-refractivity contribution in [3.8, 4) is 0 Å². The smallest absolute Gasteiger partial charge is 0.293 e. The molecule has 0 spiro atoms. The Kier molecular flexibility index (Phi) is 6.79. The Morgan fingerprint density at radius 2 is 2.07 bits per heavy atom. The van der Waals surface area contributed by atoms with Crippen LogP contribution in [0.1, 0.15) is 28.4 Å². The number of ether oxygens (including phenoxy) is 1. The number of amides is 1. The summed E-state index contributed by atoms with van der Waals surface area (Å²) < 4.78 is 5.59. The van der Waals surface area contributed by atoms with Crippen molar-refractivity contribution >= 4 is 17.3 Å². The minimum Gasteiger partial charge on any atom is -0.376 e. The Morgan fingerprint density at radius 1 is 1.28 bits per heavy atom. The van der Waals surface area contributed by atoms with Gasteiger partial charge >= 0.3 is 0 Å². The molecular weight excluding hydrogens is 372 g/mol. The normalized spacial score (nSPS) is 17.0. The molecule has 2 aromatic carbocycles. The average molecular weight is 398 g/mol. The lowest BCUT2D eigenvalue weighted by molar-refractivity contribution is -0.384. The zero-order valence-corrected chi connectivity index (χ0v) is 16.7. The molecule has 1 fully saturated rings. The molecule has 1 aliphatic heterocycles. The molecule has 0 aromatic heterocycles. The number of nitrogens with one attached hydrogen (secondary N) is 2. The van der Waals surface area contributed by atoms with Gasteiger partial charge < -0.3 is 15.4 Å². The first kappa shape index (κ1) is 20.8. The Bertz CT molecular complexity index is 887. The predicted octanol–water partition coefficient (Wildman–Crippen LogP) is 2.79. The van der Waals surface area contributed by atoms with Crippen LogP contribution in [0.2, 0.25) is 0 Å². The van der Waals surface area contributed by atoms with E-state index in [4.69, 9.17) is 4.74 Å². The highest BCUT2D eigenvalue weighted by Crippen LogP contribution is 2.26. The number of carbonyl (C=O) groups excluding carboxylic acids is 1. The Balaban J connectivity index is 1.68. The standard InChI is InChI=1S/C21H26N4O4/c1-15-13-24(8-9-29-15)14-17-5-3-4-16(10-17)12-23-19-7-6-18(21(26)22-2)11-20(19)25(27)28/h3-7,10-11,15,23H,8-9,12-14H2,1-2H3,(H,22,26). The maximum absolute atomic E-state index is 11.7. The Labute approximate surface area is 170 Å². The molecule has 0 aliphatic carbocycles. The largest absolute Gasteiger partial charge is 0.376 e. The van der Waals surface area contributed by atoms with E-state index in [0.717, 1.165) is 31.8 Å². The minimum absolute atomic E-state index is 0.121. The van der Waals surface area contributed by atoms with Crippen LogP contribution in [-0.4, -0.2) is 48.6 Å². The fraction of sp³-hybridized carbons (Fsp3) is 0.381. The molecule has 1 aliphatic rings. The van der Waals surface area contributed by atoms with Crippen molar-refractivity contribution < 1.29 is 14.5 Å². The molecule has 1 heterocycles. The van der Waals surface area contributed by atoms with Crippen LogP contribution >= 0.6 is 0 Å². The summed E-state index contributed by atoms with van der Waals surface area (Å²) in [5, 5.41) is 17.0.